The number of phenolic OH excluding ortho intramolecular Hbond substituents is 1. The first-order valence-corrected chi connectivity index (χ1v) is 7.21. The fourth-order valence-electron chi connectivity index (χ4n) is 2.39. The number of hydrogen-bond acceptors (Lipinski definition) is 3. The Morgan fingerprint density at radius 2 is 1.65 bits per heavy atom. The Balaban J connectivity index is 2.13. The maximum atomic E-state index is 12.3. The van der Waals surface area contributed by atoms with Gasteiger partial charge in [-0.3, -0.25) is 4.79 Å². The molecule has 120 valence electrons. The monoisotopic (exact) mass is 313 g/mol. The normalized spacial score (nSPS) is 11.0. The lowest BCUT2D eigenvalue weighted by atomic mass is 9.81. The molecule has 0 saturated heterocycles. The molecule has 5 heteroatoms. The number of para-hydroxylation sites is 1. The second-order valence-corrected chi connectivity index (χ2v) is 6.01. The highest BCUT2D eigenvalue weighted by molar-refractivity contribution is 6.00. The number of benzene rings is 2. The lowest BCUT2D eigenvalue weighted by Gasteiger charge is -2.24. The number of phenols is 1. The average molecular weight is 313 g/mol. The predicted molar refractivity (Wildman–Crippen MR) is 87.8 cm³/mol. The van der Waals surface area contributed by atoms with Gasteiger partial charge in [0, 0.05) is 6.42 Å². The van der Waals surface area contributed by atoms with Crippen molar-refractivity contribution in [2.75, 3.05) is 5.32 Å². The maximum Gasteiger partial charge on any atom is 0.337 e. The first-order valence-electron chi connectivity index (χ1n) is 7.21. The van der Waals surface area contributed by atoms with E-state index in [1.165, 1.54) is 6.07 Å². The van der Waals surface area contributed by atoms with Crippen molar-refractivity contribution >= 4 is 17.6 Å². The minimum Gasteiger partial charge on any atom is -0.508 e. The van der Waals surface area contributed by atoms with Crippen molar-refractivity contribution in [2.24, 2.45) is 0 Å². The first-order chi connectivity index (χ1) is 10.8. The summed E-state index contributed by atoms with van der Waals surface area (Å²) in [6.07, 6.45) is 0.186. The standard InChI is InChI=1S/C18H19NO4/c1-18(2,12-7-9-13(20)10-8-12)11-16(21)19-15-6-4-3-5-14(15)17(22)23/h3-10,20H,11H2,1-2H3,(H,19,21)(H,22,23). The summed E-state index contributed by atoms with van der Waals surface area (Å²) >= 11 is 0. The maximum absolute atomic E-state index is 12.3. The lowest BCUT2D eigenvalue weighted by Crippen LogP contribution is -2.26. The van der Waals surface area contributed by atoms with Crippen LogP contribution < -0.4 is 5.32 Å². The zero-order valence-electron chi connectivity index (χ0n) is 13.0. The highest BCUT2D eigenvalue weighted by Gasteiger charge is 2.25. The van der Waals surface area contributed by atoms with Crippen molar-refractivity contribution in [3.8, 4) is 5.75 Å². The molecule has 1 amide bonds. The molecule has 0 radical (unpaired) electrons. The Labute approximate surface area is 134 Å². The lowest BCUT2D eigenvalue weighted by molar-refractivity contribution is -0.117. The van der Waals surface area contributed by atoms with E-state index in [0.29, 0.717) is 0 Å². The summed E-state index contributed by atoms with van der Waals surface area (Å²) < 4.78 is 0. The van der Waals surface area contributed by atoms with E-state index < -0.39 is 11.4 Å². The number of hydrogen-bond donors (Lipinski definition) is 3. The van der Waals surface area contributed by atoms with E-state index in [1.54, 1.807) is 42.5 Å². The second-order valence-electron chi connectivity index (χ2n) is 6.01. The van der Waals surface area contributed by atoms with Crippen LogP contribution in [0.25, 0.3) is 0 Å². The van der Waals surface area contributed by atoms with Crippen molar-refractivity contribution in [2.45, 2.75) is 25.7 Å². The number of rotatable bonds is 5. The molecule has 5 nitrogen and oxygen atoms in total. The number of carbonyl (C=O) groups excluding carboxylic acids is 1. The molecule has 0 unspecified atom stereocenters. The van der Waals surface area contributed by atoms with E-state index in [-0.39, 0.29) is 29.3 Å². The first kappa shape index (κ1) is 16.5. The molecule has 0 aliphatic carbocycles. The summed E-state index contributed by atoms with van der Waals surface area (Å²) in [5, 5.41) is 21.1. The molecule has 0 saturated carbocycles. The minimum atomic E-state index is -1.08. The molecule has 0 atom stereocenters. The largest absolute Gasteiger partial charge is 0.508 e. The van der Waals surface area contributed by atoms with Crippen LogP contribution in [0.3, 0.4) is 0 Å². The van der Waals surface area contributed by atoms with Crippen LogP contribution in [-0.4, -0.2) is 22.1 Å². The molecule has 0 aromatic heterocycles. The van der Waals surface area contributed by atoms with Gasteiger partial charge in [-0.25, -0.2) is 4.79 Å². The van der Waals surface area contributed by atoms with Crippen LogP contribution in [-0.2, 0) is 10.2 Å². The molecular formula is C18H19NO4. The summed E-state index contributed by atoms with van der Waals surface area (Å²) in [5.74, 6) is -1.18. The molecule has 0 aliphatic rings. The van der Waals surface area contributed by atoms with Gasteiger partial charge in [-0.15, -0.1) is 0 Å². The summed E-state index contributed by atoms with van der Waals surface area (Å²) in [4.78, 5) is 23.5. The third-order valence-electron chi connectivity index (χ3n) is 3.68. The van der Waals surface area contributed by atoms with Gasteiger partial charge in [0.1, 0.15) is 5.75 Å². The van der Waals surface area contributed by atoms with Crippen molar-refractivity contribution in [3.63, 3.8) is 0 Å². The summed E-state index contributed by atoms with van der Waals surface area (Å²) in [5.41, 5.74) is 0.808. The molecule has 23 heavy (non-hydrogen) atoms. The highest BCUT2D eigenvalue weighted by Crippen LogP contribution is 2.29. The summed E-state index contributed by atoms with van der Waals surface area (Å²) in [6, 6.07) is 13.0. The second kappa shape index (κ2) is 6.52. The van der Waals surface area contributed by atoms with Crippen LogP contribution in [0.5, 0.6) is 5.75 Å². The van der Waals surface area contributed by atoms with Gasteiger partial charge in [-0.05, 0) is 35.2 Å². The smallest absolute Gasteiger partial charge is 0.337 e. The summed E-state index contributed by atoms with van der Waals surface area (Å²) in [7, 11) is 0. The number of carboxylic acid groups (broad SMARTS) is 1. The van der Waals surface area contributed by atoms with Crippen LogP contribution >= 0.6 is 0 Å². The van der Waals surface area contributed by atoms with Crippen LogP contribution in [0.15, 0.2) is 48.5 Å². The summed E-state index contributed by atoms with van der Waals surface area (Å²) in [6.45, 7) is 3.84. The van der Waals surface area contributed by atoms with Crippen LogP contribution in [0.2, 0.25) is 0 Å². The Hall–Kier alpha value is -2.82. The Morgan fingerprint density at radius 3 is 2.26 bits per heavy atom. The molecule has 0 spiro atoms. The number of carboxylic acids is 1. The number of anilines is 1. The molecule has 0 bridgehead atoms. The number of amides is 1. The predicted octanol–water partition coefficient (Wildman–Crippen LogP) is 3.40. The van der Waals surface area contributed by atoms with Crippen LogP contribution in [0.4, 0.5) is 5.69 Å². The van der Waals surface area contributed by atoms with Crippen molar-refractivity contribution in [1.82, 2.24) is 0 Å². The molecule has 0 fully saturated rings. The van der Waals surface area contributed by atoms with Gasteiger partial charge in [-0.2, -0.15) is 0 Å². The Morgan fingerprint density at radius 1 is 1.04 bits per heavy atom. The fraction of sp³-hybridized carbons (Fsp3) is 0.222. The van der Waals surface area contributed by atoms with E-state index >= 15 is 0 Å². The van der Waals surface area contributed by atoms with E-state index in [2.05, 4.69) is 5.32 Å². The van der Waals surface area contributed by atoms with Crippen LogP contribution in [0.1, 0.15) is 36.2 Å². The number of aromatic carboxylic acids is 1. The van der Waals surface area contributed by atoms with Gasteiger partial charge < -0.3 is 15.5 Å². The zero-order chi connectivity index (χ0) is 17.0. The topological polar surface area (TPSA) is 86.6 Å². The number of carbonyl (C=O) groups is 2. The minimum absolute atomic E-state index is 0.0586. The molecule has 2 aromatic carbocycles. The van der Waals surface area contributed by atoms with E-state index in [0.717, 1.165) is 5.56 Å². The number of aromatic hydroxyl groups is 1. The van der Waals surface area contributed by atoms with Gasteiger partial charge in [0.2, 0.25) is 5.91 Å². The third-order valence-corrected chi connectivity index (χ3v) is 3.68. The van der Waals surface area contributed by atoms with Crippen molar-refractivity contribution in [1.29, 1.82) is 0 Å². The Kier molecular flexibility index (Phi) is 4.69. The quantitative estimate of drug-likeness (QED) is 0.789. The van der Waals surface area contributed by atoms with Crippen molar-refractivity contribution < 1.29 is 19.8 Å². The molecule has 0 aliphatic heterocycles. The van der Waals surface area contributed by atoms with Gasteiger partial charge >= 0.3 is 5.97 Å². The van der Waals surface area contributed by atoms with Gasteiger partial charge in [0.05, 0.1) is 11.3 Å². The van der Waals surface area contributed by atoms with E-state index in [4.69, 9.17) is 5.11 Å². The molecule has 2 rings (SSSR count). The molecule has 0 heterocycles. The fourth-order valence-corrected chi connectivity index (χ4v) is 2.39. The molecule has 2 aromatic rings. The zero-order valence-corrected chi connectivity index (χ0v) is 13.0. The average Bonchev–Trinajstić information content (AvgIpc) is 2.47. The third kappa shape index (κ3) is 4.10. The van der Waals surface area contributed by atoms with Gasteiger partial charge in [0.25, 0.3) is 0 Å². The SMILES string of the molecule is CC(C)(CC(=O)Nc1ccccc1C(=O)O)c1ccc(O)cc1. The van der Waals surface area contributed by atoms with Gasteiger partial charge in [-0.1, -0.05) is 38.1 Å². The molecular weight excluding hydrogens is 294 g/mol. The van der Waals surface area contributed by atoms with E-state index in [9.17, 15) is 14.7 Å². The number of nitrogens with one attached hydrogen (secondary N) is 1. The highest BCUT2D eigenvalue weighted by atomic mass is 16.4. The van der Waals surface area contributed by atoms with Gasteiger partial charge in [0.15, 0.2) is 0 Å². The van der Waals surface area contributed by atoms with Crippen LogP contribution in [0, 0.1) is 0 Å². The van der Waals surface area contributed by atoms with E-state index in [1.807, 2.05) is 13.8 Å². The molecule has 3 N–H and O–H groups in total. The van der Waals surface area contributed by atoms with Crippen molar-refractivity contribution in [3.05, 3.63) is 59.7 Å². The Bertz CT molecular complexity index is 720.